The third-order valence-corrected chi connectivity index (χ3v) is 1.48. The first-order valence-corrected chi connectivity index (χ1v) is 3.28. The molecule has 0 aliphatic rings. The van der Waals surface area contributed by atoms with Crippen molar-refractivity contribution in [3.63, 3.8) is 0 Å². The minimum atomic E-state index is 0.930. The van der Waals surface area contributed by atoms with E-state index in [0.29, 0.717) is 0 Å². The highest BCUT2D eigenvalue weighted by Gasteiger charge is 1.91. The molecule has 0 aliphatic heterocycles. The van der Waals surface area contributed by atoms with Gasteiger partial charge in [0.2, 0.25) is 0 Å². The zero-order chi connectivity index (χ0) is 7.28. The van der Waals surface area contributed by atoms with E-state index in [2.05, 4.69) is 29.6 Å². The zero-order valence-electron chi connectivity index (χ0n) is 5.82. The molecule has 0 spiro atoms. The molecule has 0 amide bonds. The average Bonchev–Trinajstić information content (AvgIpc) is 1.90. The molecule has 0 fully saturated rings. The van der Waals surface area contributed by atoms with Crippen LogP contribution in [-0.4, -0.2) is 5.02 Å². The Kier molecular flexibility index (Phi) is 4.00. The summed E-state index contributed by atoms with van der Waals surface area (Å²) in [5, 5.41) is 2.63. The van der Waals surface area contributed by atoms with E-state index in [1.165, 1.54) is 0 Å². The van der Waals surface area contributed by atoms with Gasteiger partial charge in [-0.1, -0.05) is 13.5 Å². The average molecular weight is 138 g/mol. The van der Waals surface area contributed by atoms with E-state index in [4.69, 9.17) is 0 Å². The Balaban J connectivity index is 4.53. The van der Waals surface area contributed by atoms with Gasteiger partial charge in [0, 0.05) is 11.1 Å². The van der Waals surface area contributed by atoms with E-state index in [1.807, 2.05) is 13.8 Å². The Bertz CT molecular complexity index is 189. The van der Waals surface area contributed by atoms with Gasteiger partial charge >= 0.3 is 0 Å². The Labute approximate surface area is 61.6 Å². The first-order chi connectivity index (χ1) is 4.26. The van der Waals surface area contributed by atoms with E-state index in [-0.39, 0.29) is 0 Å². The summed E-state index contributed by atoms with van der Waals surface area (Å²) in [5.74, 6) is 0. The normalized spacial score (nSPS) is 7.33. The molecular weight excluding hydrogens is 128 g/mol. The van der Waals surface area contributed by atoms with Crippen LogP contribution in [0.1, 0.15) is 20.3 Å². The SMILES string of the molecule is C=C=C(CC)C(C)=C=S. The summed E-state index contributed by atoms with van der Waals surface area (Å²) in [4.78, 5) is 0. The summed E-state index contributed by atoms with van der Waals surface area (Å²) in [6.45, 7) is 7.50. The van der Waals surface area contributed by atoms with Crippen LogP contribution < -0.4 is 0 Å². The maximum atomic E-state index is 4.61. The molecule has 0 aromatic heterocycles. The van der Waals surface area contributed by atoms with Gasteiger partial charge in [-0.3, -0.25) is 0 Å². The smallest absolute Gasteiger partial charge is 0.0133 e. The van der Waals surface area contributed by atoms with Crippen molar-refractivity contribution in [1.82, 2.24) is 0 Å². The van der Waals surface area contributed by atoms with E-state index in [0.717, 1.165) is 17.6 Å². The number of allylic oxidation sites excluding steroid dienone is 2. The summed E-state index contributed by atoms with van der Waals surface area (Å²) in [5.41, 5.74) is 4.84. The molecule has 0 nitrogen and oxygen atoms in total. The van der Waals surface area contributed by atoms with Gasteiger partial charge in [-0.25, -0.2) is 0 Å². The molecule has 0 N–H and O–H groups in total. The first kappa shape index (κ1) is 8.39. The van der Waals surface area contributed by atoms with Crippen LogP contribution in [0.15, 0.2) is 23.5 Å². The van der Waals surface area contributed by atoms with Crippen molar-refractivity contribution in [2.24, 2.45) is 0 Å². The van der Waals surface area contributed by atoms with Gasteiger partial charge in [0.25, 0.3) is 0 Å². The Morgan fingerprint density at radius 1 is 1.67 bits per heavy atom. The van der Waals surface area contributed by atoms with Crippen molar-refractivity contribution in [1.29, 1.82) is 0 Å². The van der Waals surface area contributed by atoms with Gasteiger partial charge in [0.1, 0.15) is 0 Å². The zero-order valence-corrected chi connectivity index (χ0v) is 6.64. The van der Waals surface area contributed by atoms with Crippen molar-refractivity contribution in [2.45, 2.75) is 20.3 Å². The monoisotopic (exact) mass is 138 g/mol. The van der Waals surface area contributed by atoms with Crippen LogP contribution in [0.5, 0.6) is 0 Å². The molecule has 0 saturated carbocycles. The van der Waals surface area contributed by atoms with Crippen molar-refractivity contribution in [3.8, 4) is 0 Å². The van der Waals surface area contributed by atoms with Crippen molar-refractivity contribution < 1.29 is 0 Å². The van der Waals surface area contributed by atoms with Crippen LogP contribution in [0.25, 0.3) is 0 Å². The molecule has 0 bridgehead atoms. The molecule has 48 valence electrons. The van der Waals surface area contributed by atoms with Crippen molar-refractivity contribution >= 4 is 17.2 Å². The van der Waals surface area contributed by atoms with Crippen molar-refractivity contribution in [2.75, 3.05) is 0 Å². The number of thiocarbonyl (C=S) groups is 1. The molecule has 9 heavy (non-hydrogen) atoms. The van der Waals surface area contributed by atoms with Gasteiger partial charge < -0.3 is 0 Å². The molecule has 0 aliphatic carbocycles. The fourth-order valence-corrected chi connectivity index (χ4v) is 0.708. The van der Waals surface area contributed by atoms with Gasteiger partial charge in [0.15, 0.2) is 0 Å². The largest absolute Gasteiger partial charge is 0.124 e. The van der Waals surface area contributed by atoms with Gasteiger partial charge in [-0.2, -0.15) is 0 Å². The van der Waals surface area contributed by atoms with E-state index in [9.17, 15) is 0 Å². The molecule has 0 rings (SSSR count). The maximum absolute atomic E-state index is 4.61. The predicted octanol–water partition coefficient (Wildman–Crippen LogP) is 2.65. The Hall–Kier alpha value is -0.610. The van der Waals surface area contributed by atoms with Crippen LogP contribution in [0.4, 0.5) is 0 Å². The maximum Gasteiger partial charge on any atom is 0.0133 e. The Morgan fingerprint density at radius 3 is 2.33 bits per heavy atom. The molecule has 0 atom stereocenters. The van der Waals surface area contributed by atoms with Gasteiger partial charge in [-0.05, 0) is 30.6 Å². The summed E-state index contributed by atoms with van der Waals surface area (Å²) < 4.78 is 0. The number of rotatable bonds is 2. The third-order valence-electron chi connectivity index (χ3n) is 1.17. The second-order valence-electron chi connectivity index (χ2n) is 1.74. The highest BCUT2D eigenvalue weighted by atomic mass is 32.1. The highest BCUT2D eigenvalue weighted by Crippen LogP contribution is 2.06. The lowest BCUT2D eigenvalue weighted by Crippen LogP contribution is -1.79. The second kappa shape index (κ2) is 4.29. The Morgan fingerprint density at radius 2 is 2.22 bits per heavy atom. The number of hydrogen-bond donors (Lipinski definition) is 0. The molecular formula is C8H10S. The van der Waals surface area contributed by atoms with Gasteiger partial charge in [0.05, 0.1) is 0 Å². The summed E-state index contributed by atoms with van der Waals surface area (Å²) >= 11 is 4.61. The predicted molar refractivity (Wildman–Crippen MR) is 44.7 cm³/mol. The lowest BCUT2D eigenvalue weighted by atomic mass is 10.1. The van der Waals surface area contributed by atoms with Gasteiger partial charge in [-0.15, -0.1) is 5.73 Å². The summed E-state index contributed by atoms with van der Waals surface area (Å²) in [6.07, 6.45) is 0.930. The highest BCUT2D eigenvalue weighted by molar-refractivity contribution is 7.78. The first-order valence-electron chi connectivity index (χ1n) is 2.87. The summed E-state index contributed by atoms with van der Waals surface area (Å²) in [7, 11) is 0. The minimum Gasteiger partial charge on any atom is -0.124 e. The standard InChI is InChI=1S/C8H10S/c1-4-8(5-2)7(3)6-9/h1,5H2,2-3H3. The van der Waals surface area contributed by atoms with Crippen LogP contribution in [-0.2, 0) is 0 Å². The third kappa shape index (κ3) is 2.43. The van der Waals surface area contributed by atoms with E-state index >= 15 is 0 Å². The molecule has 0 heterocycles. The fraction of sp³-hybridized carbons (Fsp3) is 0.375. The van der Waals surface area contributed by atoms with Crippen LogP contribution in [0.3, 0.4) is 0 Å². The molecule has 0 aromatic rings. The molecule has 1 heteroatoms. The number of hydrogen-bond acceptors (Lipinski definition) is 1. The second-order valence-corrected chi connectivity index (χ2v) is 1.94. The van der Waals surface area contributed by atoms with Crippen LogP contribution in [0.2, 0.25) is 0 Å². The fourth-order valence-electron chi connectivity index (χ4n) is 0.584. The molecule has 0 aromatic carbocycles. The minimum absolute atomic E-state index is 0.930. The molecule has 0 radical (unpaired) electrons. The topological polar surface area (TPSA) is 0 Å². The van der Waals surface area contributed by atoms with Crippen LogP contribution in [0, 0.1) is 0 Å². The molecule has 0 saturated heterocycles. The van der Waals surface area contributed by atoms with Crippen LogP contribution >= 0.6 is 12.2 Å². The van der Waals surface area contributed by atoms with Crippen molar-refractivity contribution in [3.05, 3.63) is 23.5 Å². The summed E-state index contributed by atoms with van der Waals surface area (Å²) in [6, 6.07) is 0. The lowest BCUT2D eigenvalue weighted by molar-refractivity contribution is 1.12. The lowest BCUT2D eigenvalue weighted by Gasteiger charge is -1.94. The van der Waals surface area contributed by atoms with E-state index in [1.54, 1.807) is 0 Å². The van der Waals surface area contributed by atoms with E-state index < -0.39 is 0 Å². The quantitative estimate of drug-likeness (QED) is 0.321. The molecule has 0 unspecified atom stereocenters.